The van der Waals surface area contributed by atoms with Gasteiger partial charge < -0.3 is 4.57 Å². The summed E-state index contributed by atoms with van der Waals surface area (Å²) in [7, 11) is 0. The van der Waals surface area contributed by atoms with E-state index in [0.29, 0.717) is 0 Å². The van der Waals surface area contributed by atoms with Gasteiger partial charge in [0.2, 0.25) is 0 Å². The molecule has 0 bridgehead atoms. The maximum absolute atomic E-state index is 4.03. The van der Waals surface area contributed by atoms with Gasteiger partial charge in [-0.25, -0.2) is 0 Å². The molecule has 0 aliphatic carbocycles. The van der Waals surface area contributed by atoms with Gasteiger partial charge in [-0.3, -0.25) is 0 Å². The normalized spacial score (nSPS) is 9.85. The quantitative estimate of drug-likeness (QED) is 0.651. The van der Waals surface area contributed by atoms with Crippen molar-refractivity contribution in [3.05, 3.63) is 67.0 Å². The van der Waals surface area contributed by atoms with Crippen LogP contribution in [0.15, 0.2) is 61.4 Å². The number of hydrogen-bond donors (Lipinski definition) is 0. The van der Waals surface area contributed by atoms with E-state index in [2.05, 4.69) is 18.7 Å². The molecule has 0 spiro atoms. The summed E-state index contributed by atoms with van der Waals surface area (Å²) in [5.41, 5.74) is 2.16. The number of nitrogens with zero attached hydrogens (tertiary/aromatic N) is 1. The highest BCUT2D eigenvalue weighted by molar-refractivity contribution is 5.63. The van der Waals surface area contributed by atoms with Crippen LogP contribution in [0, 0.1) is 0 Å². The molecule has 2 aromatic rings. The molecule has 0 N–H and O–H groups in total. The zero-order chi connectivity index (χ0) is 9.10. The largest absolute Gasteiger partial charge is 0.324 e. The Morgan fingerprint density at radius 3 is 2.15 bits per heavy atom. The van der Waals surface area contributed by atoms with Gasteiger partial charge in [0.15, 0.2) is 0 Å². The second-order valence-corrected chi connectivity index (χ2v) is 2.90. The van der Waals surface area contributed by atoms with E-state index in [-0.39, 0.29) is 0 Å². The van der Waals surface area contributed by atoms with Crippen LogP contribution in [0.4, 0.5) is 0 Å². The molecule has 1 heterocycles. The predicted molar refractivity (Wildman–Crippen MR) is 55.3 cm³/mol. The Hall–Kier alpha value is -1.76. The van der Waals surface area contributed by atoms with E-state index in [9.17, 15) is 0 Å². The monoisotopic (exact) mass is 169 g/mol. The fraction of sp³-hybridized carbons (Fsp3) is 0. The first-order valence-electron chi connectivity index (χ1n) is 4.25. The molecule has 64 valence electrons. The standard InChI is InChI=1S/C12H11N/c1-11(13-9-5-6-10-13)12-7-3-2-4-8-12/h2-10H,1H2. The van der Waals surface area contributed by atoms with Crippen LogP contribution in [0.1, 0.15) is 5.56 Å². The van der Waals surface area contributed by atoms with Gasteiger partial charge >= 0.3 is 0 Å². The minimum absolute atomic E-state index is 1.01. The molecule has 13 heavy (non-hydrogen) atoms. The SMILES string of the molecule is C=C(c1ccccc1)n1cccc1. The average molecular weight is 169 g/mol. The van der Waals surface area contributed by atoms with Crippen molar-refractivity contribution in [2.24, 2.45) is 0 Å². The van der Waals surface area contributed by atoms with Gasteiger partial charge in [-0.2, -0.15) is 0 Å². The van der Waals surface area contributed by atoms with Crippen molar-refractivity contribution in [3.8, 4) is 0 Å². The van der Waals surface area contributed by atoms with Gasteiger partial charge in [-0.15, -0.1) is 0 Å². The average Bonchev–Trinajstić information content (AvgIpc) is 2.71. The predicted octanol–water partition coefficient (Wildman–Crippen LogP) is 3.01. The second-order valence-electron chi connectivity index (χ2n) is 2.90. The Kier molecular flexibility index (Phi) is 2.01. The van der Waals surface area contributed by atoms with E-state index in [1.165, 1.54) is 0 Å². The Labute approximate surface area is 77.9 Å². The molecule has 2 rings (SSSR count). The summed E-state index contributed by atoms with van der Waals surface area (Å²) in [6, 6.07) is 14.1. The molecule has 0 saturated heterocycles. The molecule has 1 aromatic carbocycles. The van der Waals surface area contributed by atoms with E-state index in [1.807, 2.05) is 47.3 Å². The Bertz CT molecular complexity index is 384. The lowest BCUT2D eigenvalue weighted by Crippen LogP contribution is -1.92. The van der Waals surface area contributed by atoms with Crippen LogP contribution >= 0.6 is 0 Å². The zero-order valence-corrected chi connectivity index (χ0v) is 7.35. The smallest absolute Gasteiger partial charge is 0.0449 e. The third-order valence-electron chi connectivity index (χ3n) is 2.02. The van der Waals surface area contributed by atoms with E-state index in [0.717, 1.165) is 11.3 Å². The number of benzene rings is 1. The van der Waals surface area contributed by atoms with Crippen molar-refractivity contribution >= 4 is 5.70 Å². The maximum atomic E-state index is 4.03. The molecule has 0 amide bonds. The van der Waals surface area contributed by atoms with Crippen molar-refractivity contribution in [2.45, 2.75) is 0 Å². The maximum Gasteiger partial charge on any atom is 0.0449 e. The minimum atomic E-state index is 1.01. The first-order valence-corrected chi connectivity index (χ1v) is 4.25. The molecule has 0 aliphatic heterocycles. The molecule has 0 fully saturated rings. The number of aromatic nitrogens is 1. The first-order chi connectivity index (χ1) is 6.38. The summed E-state index contributed by atoms with van der Waals surface area (Å²) in [4.78, 5) is 0. The fourth-order valence-corrected chi connectivity index (χ4v) is 1.29. The summed E-state index contributed by atoms with van der Waals surface area (Å²) in [5.74, 6) is 0. The van der Waals surface area contributed by atoms with Gasteiger partial charge in [0, 0.05) is 18.1 Å². The topological polar surface area (TPSA) is 4.93 Å². The van der Waals surface area contributed by atoms with E-state index >= 15 is 0 Å². The number of hydrogen-bond acceptors (Lipinski definition) is 0. The Morgan fingerprint density at radius 2 is 1.54 bits per heavy atom. The van der Waals surface area contributed by atoms with Crippen molar-refractivity contribution in [3.63, 3.8) is 0 Å². The van der Waals surface area contributed by atoms with Crippen molar-refractivity contribution in [2.75, 3.05) is 0 Å². The van der Waals surface area contributed by atoms with Crippen molar-refractivity contribution < 1.29 is 0 Å². The highest BCUT2D eigenvalue weighted by Gasteiger charge is 1.97. The summed E-state index contributed by atoms with van der Waals surface area (Å²) < 4.78 is 2.01. The lowest BCUT2D eigenvalue weighted by Gasteiger charge is -2.06. The van der Waals surface area contributed by atoms with Crippen LogP contribution in [0.2, 0.25) is 0 Å². The molecule has 0 atom stereocenters. The molecular weight excluding hydrogens is 158 g/mol. The summed E-state index contributed by atoms with van der Waals surface area (Å²) in [5, 5.41) is 0. The fourth-order valence-electron chi connectivity index (χ4n) is 1.29. The first kappa shape index (κ1) is 7.87. The Morgan fingerprint density at radius 1 is 0.923 bits per heavy atom. The molecule has 0 aliphatic rings. The number of rotatable bonds is 2. The minimum Gasteiger partial charge on any atom is -0.324 e. The molecular formula is C12H11N. The summed E-state index contributed by atoms with van der Waals surface area (Å²) >= 11 is 0. The lowest BCUT2D eigenvalue weighted by molar-refractivity contribution is 1.12. The van der Waals surface area contributed by atoms with Crippen LogP contribution in [-0.4, -0.2) is 4.57 Å². The van der Waals surface area contributed by atoms with E-state index in [1.54, 1.807) is 0 Å². The van der Waals surface area contributed by atoms with Crippen LogP contribution in [0.5, 0.6) is 0 Å². The van der Waals surface area contributed by atoms with Crippen LogP contribution in [-0.2, 0) is 0 Å². The third-order valence-corrected chi connectivity index (χ3v) is 2.02. The van der Waals surface area contributed by atoms with Gasteiger partial charge in [-0.1, -0.05) is 36.9 Å². The highest BCUT2D eigenvalue weighted by atomic mass is 14.9. The van der Waals surface area contributed by atoms with E-state index < -0.39 is 0 Å². The molecule has 1 heteroatoms. The highest BCUT2D eigenvalue weighted by Crippen LogP contribution is 2.13. The Balaban J connectivity index is 2.34. The van der Waals surface area contributed by atoms with E-state index in [4.69, 9.17) is 0 Å². The van der Waals surface area contributed by atoms with Crippen molar-refractivity contribution in [1.29, 1.82) is 0 Å². The third kappa shape index (κ3) is 1.54. The molecule has 0 radical (unpaired) electrons. The molecule has 0 unspecified atom stereocenters. The summed E-state index contributed by atoms with van der Waals surface area (Å²) in [6.45, 7) is 4.03. The summed E-state index contributed by atoms with van der Waals surface area (Å²) in [6.07, 6.45) is 3.99. The zero-order valence-electron chi connectivity index (χ0n) is 7.35. The molecule has 1 nitrogen and oxygen atoms in total. The molecule has 0 saturated carbocycles. The van der Waals surface area contributed by atoms with Gasteiger partial charge in [-0.05, 0) is 17.7 Å². The van der Waals surface area contributed by atoms with Crippen LogP contribution in [0.25, 0.3) is 5.70 Å². The van der Waals surface area contributed by atoms with Gasteiger partial charge in [0.25, 0.3) is 0 Å². The van der Waals surface area contributed by atoms with Crippen LogP contribution < -0.4 is 0 Å². The molecule has 1 aromatic heterocycles. The lowest BCUT2D eigenvalue weighted by atomic mass is 10.2. The van der Waals surface area contributed by atoms with Gasteiger partial charge in [0.1, 0.15) is 0 Å². The van der Waals surface area contributed by atoms with Crippen LogP contribution in [0.3, 0.4) is 0 Å². The second kappa shape index (κ2) is 3.31. The van der Waals surface area contributed by atoms with Crippen molar-refractivity contribution in [1.82, 2.24) is 4.57 Å². The van der Waals surface area contributed by atoms with Gasteiger partial charge in [0.05, 0.1) is 0 Å².